The summed E-state index contributed by atoms with van der Waals surface area (Å²) in [4.78, 5) is 4.88. The van der Waals surface area contributed by atoms with E-state index in [1.165, 1.54) is 92.8 Å². The van der Waals surface area contributed by atoms with Gasteiger partial charge in [0.15, 0.2) is 0 Å². The molecule has 1 heterocycles. The molecule has 0 amide bonds. The lowest BCUT2D eigenvalue weighted by Crippen LogP contribution is -1.93. The smallest absolute Gasteiger partial charge is 0.0714 e. The van der Waals surface area contributed by atoms with Crippen LogP contribution in [0.5, 0.6) is 0 Å². The van der Waals surface area contributed by atoms with Crippen LogP contribution in [-0.4, -0.2) is 4.98 Å². The first-order chi connectivity index (χ1) is 24.8. The Kier molecular flexibility index (Phi) is 6.57. The fraction of sp³-hybridized carbons (Fsp3) is 0. The van der Waals surface area contributed by atoms with E-state index < -0.39 is 0 Å². The average Bonchev–Trinajstić information content (AvgIpc) is 3.20. The Morgan fingerprint density at radius 3 is 1.72 bits per heavy atom. The summed E-state index contributed by atoms with van der Waals surface area (Å²) in [7, 11) is 0. The lowest BCUT2D eigenvalue weighted by molar-refractivity contribution is 1.34. The van der Waals surface area contributed by atoms with Crippen LogP contribution in [-0.2, 0) is 0 Å². The molecule has 0 spiro atoms. The molecule has 10 aromatic rings. The van der Waals surface area contributed by atoms with Crippen LogP contribution in [0.3, 0.4) is 0 Å². The number of aromatic nitrogens is 1. The Balaban J connectivity index is 1.27. The molecule has 0 unspecified atom stereocenters. The number of rotatable bonds is 4. The largest absolute Gasteiger partial charge is 0.256 e. The summed E-state index contributed by atoms with van der Waals surface area (Å²) in [5.41, 5.74) is 9.44. The molecule has 10 rings (SSSR count). The third kappa shape index (κ3) is 4.52. The fourth-order valence-electron chi connectivity index (χ4n) is 8.03. The highest BCUT2D eigenvalue weighted by Gasteiger charge is 2.19. The first-order valence-corrected chi connectivity index (χ1v) is 17.2. The van der Waals surface area contributed by atoms with Crippen molar-refractivity contribution in [3.63, 3.8) is 0 Å². The number of benzene rings is 9. The standard InChI is InChI=1S/C49H31N/c1-2-13-32(14-3-1)34-25-27-43-46(30-34)49(47-23-10-11-28-50-47)42-22-9-8-21-41(42)48(43)36-17-12-16-35(29-36)44-31-45-37-18-5-4-15-33(37)24-26-40(45)38-19-6-7-20-39(38)44/h1-31H. The van der Waals surface area contributed by atoms with E-state index in [0.29, 0.717) is 0 Å². The second kappa shape index (κ2) is 11.5. The van der Waals surface area contributed by atoms with Crippen molar-refractivity contribution in [1.29, 1.82) is 0 Å². The molecule has 0 N–H and O–H groups in total. The van der Waals surface area contributed by atoms with Gasteiger partial charge in [0.1, 0.15) is 0 Å². The third-order valence-electron chi connectivity index (χ3n) is 10.3. The Bertz CT molecular complexity index is 2910. The number of hydrogen-bond donors (Lipinski definition) is 0. The van der Waals surface area contributed by atoms with E-state index in [-0.39, 0.29) is 0 Å². The predicted molar refractivity (Wildman–Crippen MR) is 214 cm³/mol. The third-order valence-corrected chi connectivity index (χ3v) is 10.3. The van der Waals surface area contributed by atoms with Crippen LogP contribution in [0, 0.1) is 0 Å². The first-order valence-electron chi connectivity index (χ1n) is 17.2. The molecule has 50 heavy (non-hydrogen) atoms. The van der Waals surface area contributed by atoms with Crippen LogP contribution in [0.4, 0.5) is 0 Å². The van der Waals surface area contributed by atoms with Crippen LogP contribution in [0.15, 0.2) is 188 Å². The van der Waals surface area contributed by atoms with Crippen LogP contribution in [0.1, 0.15) is 0 Å². The molecule has 232 valence electrons. The molecule has 0 aliphatic carbocycles. The predicted octanol–water partition coefficient (Wildman–Crippen LogP) is 13.5. The van der Waals surface area contributed by atoms with Gasteiger partial charge in [-0.25, -0.2) is 0 Å². The Hall–Kier alpha value is -6.57. The maximum absolute atomic E-state index is 4.88. The lowest BCUT2D eigenvalue weighted by Gasteiger charge is -2.19. The van der Waals surface area contributed by atoms with E-state index in [0.717, 1.165) is 5.69 Å². The summed E-state index contributed by atoms with van der Waals surface area (Å²) < 4.78 is 0. The number of fused-ring (bicyclic) bond motifs is 7. The van der Waals surface area contributed by atoms with Crippen molar-refractivity contribution >= 4 is 53.9 Å². The molecule has 1 heteroatoms. The number of nitrogens with zero attached hydrogens (tertiary/aromatic N) is 1. The molecule has 0 aliphatic rings. The van der Waals surface area contributed by atoms with Gasteiger partial charge >= 0.3 is 0 Å². The molecular formula is C49H31N. The fourth-order valence-corrected chi connectivity index (χ4v) is 8.03. The maximum atomic E-state index is 4.88. The van der Waals surface area contributed by atoms with Gasteiger partial charge in [0, 0.05) is 11.8 Å². The van der Waals surface area contributed by atoms with Crippen molar-refractivity contribution in [2.75, 3.05) is 0 Å². The highest BCUT2D eigenvalue weighted by Crippen LogP contribution is 2.46. The molecule has 0 fully saturated rings. The highest BCUT2D eigenvalue weighted by atomic mass is 14.7. The summed E-state index contributed by atoms with van der Waals surface area (Å²) in [6, 6.07) is 66.3. The molecule has 9 aromatic carbocycles. The van der Waals surface area contributed by atoms with Gasteiger partial charge in [-0.15, -0.1) is 0 Å². The average molecular weight is 634 g/mol. The molecular weight excluding hydrogens is 603 g/mol. The van der Waals surface area contributed by atoms with Crippen molar-refractivity contribution in [3.8, 4) is 44.6 Å². The van der Waals surface area contributed by atoms with Gasteiger partial charge in [-0.2, -0.15) is 0 Å². The summed E-state index contributed by atoms with van der Waals surface area (Å²) in [6.07, 6.45) is 1.89. The second-order valence-corrected chi connectivity index (χ2v) is 13.1. The minimum absolute atomic E-state index is 0.981. The van der Waals surface area contributed by atoms with E-state index >= 15 is 0 Å². The van der Waals surface area contributed by atoms with Crippen LogP contribution < -0.4 is 0 Å². The minimum atomic E-state index is 0.981. The zero-order valence-corrected chi connectivity index (χ0v) is 27.3. The quantitative estimate of drug-likeness (QED) is 0.139. The summed E-state index contributed by atoms with van der Waals surface area (Å²) in [5, 5.41) is 12.5. The zero-order chi connectivity index (χ0) is 33.0. The molecule has 1 nitrogen and oxygen atoms in total. The normalized spacial score (nSPS) is 11.6. The van der Waals surface area contributed by atoms with Crippen molar-refractivity contribution in [1.82, 2.24) is 4.98 Å². The lowest BCUT2D eigenvalue weighted by atomic mass is 9.85. The topological polar surface area (TPSA) is 12.9 Å². The van der Waals surface area contributed by atoms with Gasteiger partial charge in [-0.1, -0.05) is 152 Å². The Morgan fingerprint density at radius 1 is 0.280 bits per heavy atom. The molecule has 0 saturated heterocycles. The molecule has 0 atom stereocenters. The minimum Gasteiger partial charge on any atom is -0.256 e. The maximum Gasteiger partial charge on any atom is 0.0714 e. The van der Waals surface area contributed by atoms with Gasteiger partial charge in [0.25, 0.3) is 0 Å². The van der Waals surface area contributed by atoms with E-state index in [2.05, 4.69) is 176 Å². The van der Waals surface area contributed by atoms with Gasteiger partial charge in [0.2, 0.25) is 0 Å². The van der Waals surface area contributed by atoms with Crippen molar-refractivity contribution < 1.29 is 0 Å². The van der Waals surface area contributed by atoms with Crippen LogP contribution in [0.2, 0.25) is 0 Å². The SMILES string of the molecule is c1ccc(-c2ccc3c(-c4cccc(-c5cc6c7ccccc7ccc6c6ccccc56)c4)c4ccccc4c(-c4ccccn4)c3c2)cc1. The number of pyridine rings is 1. The summed E-state index contributed by atoms with van der Waals surface area (Å²) in [6.45, 7) is 0. The highest BCUT2D eigenvalue weighted by molar-refractivity contribution is 6.23. The summed E-state index contributed by atoms with van der Waals surface area (Å²) >= 11 is 0. The van der Waals surface area contributed by atoms with Crippen LogP contribution >= 0.6 is 0 Å². The second-order valence-electron chi connectivity index (χ2n) is 13.1. The Labute approximate surface area is 290 Å². The zero-order valence-electron chi connectivity index (χ0n) is 27.3. The van der Waals surface area contributed by atoms with E-state index in [1.54, 1.807) is 0 Å². The Morgan fingerprint density at radius 2 is 0.900 bits per heavy atom. The monoisotopic (exact) mass is 633 g/mol. The van der Waals surface area contributed by atoms with E-state index in [4.69, 9.17) is 4.98 Å². The van der Waals surface area contributed by atoms with Crippen molar-refractivity contribution in [3.05, 3.63) is 188 Å². The van der Waals surface area contributed by atoms with Crippen molar-refractivity contribution in [2.24, 2.45) is 0 Å². The van der Waals surface area contributed by atoms with Gasteiger partial charge in [-0.05, 0) is 118 Å². The number of hydrogen-bond acceptors (Lipinski definition) is 1. The molecule has 0 saturated carbocycles. The molecule has 0 aliphatic heterocycles. The van der Waals surface area contributed by atoms with E-state index in [1.807, 2.05) is 12.3 Å². The van der Waals surface area contributed by atoms with Gasteiger partial charge in [-0.3, -0.25) is 4.98 Å². The molecule has 1 aromatic heterocycles. The van der Waals surface area contributed by atoms with E-state index in [9.17, 15) is 0 Å². The van der Waals surface area contributed by atoms with Gasteiger partial charge in [0.05, 0.1) is 5.69 Å². The first kappa shape index (κ1) is 28.4. The van der Waals surface area contributed by atoms with Crippen molar-refractivity contribution in [2.45, 2.75) is 0 Å². The molecule has 0 radical (unpaired) electrons. The van der Waals surface area contributed by atoms with Gasteiger partial charge < -0.3 is 0 Å². The van der Waals surface area contributed by atoms with Crippen LogP contribution in [0.25, 0.3) is 98.5 Å². The summed E-state index contributed by atoms with van der Waals surface area (Å²) in [5.74, 6) is 0. The molecule has 0 bridgehead atoms.